The van der Waals surface area contributed by atoms with Crippen LogP contribution in [0.5, 0.6) is 0 Å². The molecule has 0 heterocycles. The summed E-state index contributed by atoms with van der Waals surface area (Å²) in [5.41, 5.74) is 0. The molecule has 22 heavy (non-hydrogen) atoms. The van der Waals surface area contributed by atoms with Gasteiger partial charge < -0.3 is 8.85 Å². The van der Waals surface area contributed by atoms with E-state index < -0.39 is 16.6 Å². The van der Waals surface area contributed by atoms with E-state index in [1.165, 1.54) is 42.7 Å². The molecule has 0 rings (SSSR count). The first-order valence-electron chi connectivity index (χ1n) is 9.75. The van der Waals surface area contributed by atoms with Crippen LogP contribution in [-0.4, -0.2) is 22.9 Å². The lowest BCUT2D eigenvalue weighted by Crippen LogP contribution is -2.47. The van der Waals surface area contributed by atoms with Crippen LogP contribution in [0.1, 0.15) is 68.2 Å². The molecule has 0 amide bonds. The van der Waals surface area contributed by atoms with Crippen LogP contribution >= 0.6 is 0 Å². The summed E-state index contributed by atoms with van der Waals surface area (Å²) in [7, 11) is -3.20. The van der Waals surface area contributed by atoms with Gasteiger partial charge in [-0.25, -0.2) is 0 Å². The maximum atomic E-state index is 6.77. The Bertz CT molecular complexity index is 238. The number of rotatable bonds is 13. The van der Waals surface area contributed by atoms with Crippen LogP contribution in [0.3, 0.4) is 0 Å². The summed E-state index contributed by atoms with van der Waals surface area (Å²) in [6.07, 6.45) is 2.33. The van der Waals surface area contributed by atoms with Crippen molar-refractivity contribution in [1.82, 2.24) is 0 Å². The van der Waals surface area contributed by atoms with Gasteiger partial charge in [0.15, 0.2) is 16.6 Å². The van der Waals surface area contributed by atoms with Crippen molar-refractivity contribution in [2.24, 2.45) is 5.92 Å². The highest BCUT2D eigenvalue weighted by molar-refractivity contribution is 6.74. The molecule has 0 fully saturated rings. The van der Waals surface area contributed by atoms with Gasteiger partial charge in [-0.15, -0.1) is 0 Å². The second kappa shape index (κ2) is 11.0. The van der Waals surface area contributed by atoms with Gasteiger partial charge in [-0.3, -0.25) is 0 Å². The molecule has 0 aromatic heterocycles. The number of hydrogen-bond acceptors (Lipinski definition) is 2. The smallest absolute Gasteiger partial charge is 0.195 e. The Hall–Kier alpha value is 0.354. The molecule has 0 bridgehead atoms. The highest BCUT2D eigenvalue weighted by Crippen LogP contribution is 2.31. The van der Waals surface area contributed by atoms with Crippen molar-refractivity contribution in [2.75, 3.05) is 0 Å². The van der Waals surface area contributed by atoms with Crippen molar-refractivity contribution in [1.29, 1.82) is 0 Å². The van der Waals surface area contributed by atoms with Gasteiger partial charge in [-0.05, 0) is 48.6 Å². The summed E-state index contributed by atoms with van der Waals surface area (Å²) in [5, 5.41) is 0. The maximum Gasteiger partial charge on any atom is 0.195 e. The third-order valence-electron chi connectivity index (χ3n) is 5.92. The predicted octanol–water partition coefficient (Wildman–Crippen LogP) is 6.79. The van der Waals surface area contributed by atoms with Crippen molar-refractivity contribution < 1.29 is 8.85 Å². The lowest BCUT2D eigenvalue weighted by atomic mass is 10.1. The molecule has 0 aromatic rings. The molecule has 4 heteroatoms. The zero-order valence-electron chi connectivity index (χ0n) is 16.6. The minimum absolute atomic E-state index is 0.0491. The van der Waals surface area contributed by atoms with Crippen molar-refractivity contribution in [3.63, 3.8) is 0 Å². The van der Waals surface area contributed by atoms with Gasteiger partial charge in [0.2, 0.25) is 0 Å². The standard InChI is InChI=1S/C18H42O2Si2/c1-9-17(8)16-18(19-21(10-2,11-3)12-4)20-22(13-5,14-6)15-7/h17-18H,9-16H2,1-8H3. The van der Waals surface area contributed by atoms with E-state index in [1.807, 2.05) is 0 Å². The molecule has 134 valence electrons. The lowest BCUT2D eigenvalue weighted by Gasteiger charge is -2.39. The van der Waals surface area contributed by atoms with Gasteiger partial charge in [0.25, 0.3) is 0 Å². The minimum Gasteiger partial charge on any atom is -0.393 e. The Balaban J connectivity index is 5.19. The molecule has 0 saturated carbocycles. The van der Waals surface area contributed by atoms with Gasteiger partial charge in [0.05, 0.1) is 0 Å². The molecule has 0 aliphatic heterocycles. The fourth-order valence-corrected chi connectivity index (χ4v) is 8.67. The molecule has 0 spiro atoms. The van der Waals surface area contributed by atoms with E-state index in [2.05, 4.69) is 55.4 Å². The van der Waals surface area contributed by atoms with E-state index in [9.17, 15) is 0 Å². The van der Waals surface area contributed by atoms with E-state index in [0.29, 0.717) is 5.92 Å². The summed E-state index contributed by atoms with van der Waals surface area (Å²) in [6, 6.07) is 7.25. The lowest BCUT2D eigenvalue weighted by molar-refractivity contribution is -0.0295. The van der Waals surface area contributed by atoms with E-state index in [4.69, 9.17) is 8.85 Å². The largest absolute Gasteiger partial charge is 0.393 e. The van der Waals surface area contributed by atoms with Crippen LogP contribution in [0.15, 0.2) is 0 Å². The van der Waals surface area contributed by atoms with Crippen molar-refractivity contribution >= 4 is 16.6 Å². The molecule has 0 saturated heterocycles. The quantitative estimate of drug-likeness (QED) is 0.270. The number of hydrogen-bond donors (Lipinski definition) is 0. The van der Waals surface area contributed by atoms with Gasteiger partial charge in [-0.2, -0.15) is 0 Å². The fraction of sp³-hybridized carbons (Fsp3) is 1.00. The van der Waals surface area contributed by atoms with Crippen LogP contribution in [0.4, 0.5) is 0 Å². The van der Waals surface area contributed by atoms with Crippen LogP contribution in [0, 0.1) is 5.92 Å². The third kappa shape index (κ3) is 6.46. The van der Waals surface area contributed by atoms with Gasteiger partial charge in [-0.1, -0.05) is 61.8 Å². The predicted molar refractivity (Wildman–Crippen MR) is 104 cm³/mol. The Morgan fingerprint density at radius 1 is 0.636 bits per heavy atom. The zero-order chi connectivity index (χ0) is 17.2. The molecule has 0 N–H and O–H groups in total. The van der Waals surface area contributed by atoms with E-state index in [0.717, 1.165) is 6.42 Å². The Kier molecular flexibility index (Phi) is 11.2. The van der Waals surface area contributed by atoms with Crippen LogP contribution < -0.4 is 0 Å². The average molecular weight is 347 g/mol. The van der Waals surface area contributed by atoms with Crippen LogP contribution in [-0.2, 0) is 8.85 Å². The second-order valence-electron chi connectivity index (χ2n) is 6.90. The Labute approximate surface area is 142 Å². The molecule has 0 aliphatic rings. The topological polar surface area (TPSA) is 18.5 Å². The molecule has 0 aliphatic carbocycles. The Morgan fingerprint density at radius 3 is 1.18 bits per heavy atom. The highest BCUT2D eigenvalue weighted by Gasteiger charge is 2.37. The molecule has 1 unspecified atom stereocenters. The van der Waals surface area contributed by atoms with Crippen molar-refractivity contribution in [3.05, 3.63) is 0 Å². The maximum absolute atomic E-state index is 6.77. The molecule has 1 atom stereocenters. The van der Waals surface area contributed by atoms with Crippen LogP contribution in [0.2, 0.25) is 36.3 Å². The first-order chi connectivity index (χ1) is 10.4. The summed E-state index contributed by atoms with van der Waals surface area (Å²) in [6.45, 7) is 18.5. The molecule has 0 radical (unpaired) electrons. The van der Waals surface area contributed by atoms with Gasteiger partial charge in [0, 0.05) is 0 Å². The zero-order valence-corrected chi connectivity index (χ0v) is 18.6. The summed E-state index contributed by atoms with van der Waals surface area (Å²) < 4.78 is 13.5. The molecular formula is C18H42O2Si2. The fourth-order valence-electron chi connectivity index (χ4n) is 3.17. The molecule has 0 aromatic carbocycles. The van der Waals surface area contributed by atoms with Gasteiger partial charge >= 0.3 is 0 Å². The molecular weight excluding hydrogens is 304 g/mol. The van der Waals surface area contributed by atoms with E-state index >= 15 is 0 Å². The Morgan fingerprint density at radius 2 is 0.955 bits per heavy atom. The third-order valence-corrected chi connectivity index (χ3v) is 15.2. The van der Waals surface area contributed by atoms with Crippen molar-refractivity contribution in [3.8, 4) is 0 Å². The van der Waals surface area contributed by atoms with Crippen molar-refractivity contribution in [2.45, 2.75) is 111 Å². The normalized spacial score (nSPS) is 14.6. The first-order valence-corrected chi connectivity index (χ1v) is 14.8. The first kappa shape index (κ1) is 22.4. The summed E-state index contributed by atoms with van der Waals surface area (Å²) >= 11 is 0. The summed E-state index contributed by atoms with van der Waals surface area (Å²) in [4.78, 5) is 0. The summed E-state index contributed by atoms with van der Waals surface area (Å²) in [5.74, 6) is 0.680. The van der Waals surface area contributed by atoms with E-state index in [1.54, 1.807) is 0 Å². The average Bonchev–Trinajstić information content (AvgIpc) is 2.57. The van der Waals surface area contributed by atoms with E-state index in [-0.39, 0.29) is 6.29 Å². The SMILES string of the molecule is CCC(C)CC(O[Si](CC)(CC)CC)O[Si](CC)(CC)CC. The molecule has 2 nitrogen and oxygen atoms in total. The monoisotopic (exact) mass is 346 g/mol. The van der Waals surface area contributed by atoms with Gasteiger partial charge in [0.1, 0.15) is 6.29 Å². The highest BCUT2D eigenvalue weighted by atomic mass is 28.4. The van der Waals surface area contributed by atoms with Crippen LogP contribution in [0.25, 0.3) is 0 Å². The minimum atomic E-state index is -1.60. The second-order valence-corrected chi connectivity index (χ2v) is 16.3.